The Morgan fingerprint density at radius 1 is 1.40 bits per heavy atom. The van der Waals surface area contributed by atoms with E-state index < -0.39 is 0 Å². The van der Waals surface area contributed by atoms with E-state index in [1.807, 2.05) is 18.2 Å². The summed E-state index contributed by atoms with van der Waals surface area (Å²) < 4.78 is 0. The molecule has 2 rings (SSSR count). The molecular formula is C11H9BrN2O. The van der Waals surface area contributed by atoms with E-state index in [-0.39, 0.29) is 0 Å². The molecule has 0 N–H and O–H groups in total. The molecule has 0 spiro atoms. The number of hydrogen-bond acceptors (Lipinski definition) is 3. The van der Waals surface area contributed by atoms with Crippen LogP contribution >= 0.6 is 15.9 Å². The minimum atomic E-state index is 0.459. The van der Waals surface area contributed by atoms with E-state index in [0.717, 1.165) is 28.1 Å². The average Bonchev–Trinajstić information content (AvgIpc) is 2.27. The first-order valence-corrected chi connectivity index (χ1v) is 5.65. The van der Waals surface area contributed by atoms with Gasteiger partial charge in [0, 0.05) is 10.7 Å². The topological polar surface area (TPSA) is 42.9 Å². The van der Waals surface area contributed by atoms with E-state index in [1.165, 1.54) is 0 Å². The number of hydrogen-bond donors (Lipinski definition) is 0. The van der Waals surface area contributed by atoms with Crippen LogP contribution in [0.3, 0.4) is 0 Å². The molecule has 1 aromatic carbocycles. The smallest absolute Gasteiger partial charge is 0.169 e. The molecule has 0 fully saturated rings. The van der Waals surface area contributed by atoms with Crippen LogP contribution in [0, 0.1) is 6.92 Å². The van der Waals surface area contributed by atoms with Crippen LogP contribution in [0.15, 0.2) is 18.2 Å². The molecular weight excluding hydrogens is 256 g/mol. The molecule has 0 aliphatic rings. The third-order valence-corrected chi connectivity index (χ3v) is 2.81. The van der Waals surface area contributed by atoms with Crippen molar-refractivity contribution in [2.24, 2.45) is 0 Å². The number of rotatable bonds is 2. The molecule has 2 aromatic rings. The summed E-state index contributed by atoms with van der Waals surface area (Å²) in [6.07, 6.45) is 0.773. The zero-order chi connectivity index (χ0) is 10.8. The van der Waals surface area contributed by atoms with Crippen molar-refractivity contribution in [2.45, 2.75) is 12.3 Å². The standard InChI is InChI=1S/C11H9BrN2O/c1-7-13-10-3-2-8(5-12)4-9(10)11(6-15)14-7/h2-4,6H,5H2,1H3. The van der Waals surface area contributed by atoms with Crippen LogP contribution in [-0.2, 0) is 5.33 Å². The lowest BCUT2D eigenvalue weighted by molar-refractivity contribution is 0.112. The maximum absolute atomic E-state index is 10.9. The van der Waals surface area contributed by atoms with Crippen LogP contribution < -0.4 is 0 Å². The first kappa shape index (κ1) is 10.2. The summed E-state index contributed by atoms with van der Waals surface area (Å²) in [5, 5.41) is 1.57. The van der Waals surface area contributed by atoms with Gasteiger partial charge in [-0.25, -0.2) is 9.97 Å². The third-order valence-electron chi connectivity index (χ3n) is 2.17. The monoisotopic (exact) mass is 264 g/mol. The van der Waals surface area contributed by atoms with E-state index >= 15 is 0 Å². The van der Waals surface area contributed by atoms with Gasteiger partial charge >= 0.3 is 0 Å². The van der Waals surface area contributed by atoms with E-state index in [9.17, 15) is 4.79 Å². The molecule has 1 heterocycles. The van der Waals surface area contributed by atoms with E-state index in [0.29, 0.717) is 11.5 Å². The highest BCUT2D eigenvalue weighted by atomic mass is 79.9. The Hall–Kier alpha value is -1.29. The second kappa shape index (κ2) is 4.06. The Kier molecular flexibility index (Phi) is 2.77. The van der Waals surface area contributed by atoms with Gasteiger partial charge in [0.05, 0.1) is 5.52 Å². The van der Waals surface area contributed by atoms with Crippen LogP contribution in [0.25, 0.3) is 10.9 Å². The molecule has 0 aliphatic carbocycles. The van der Waals surface area contributed by atoms with Crippen molar-refractivity contribution < 1.29 is 4.79 Å². The molecule has 15 heavy (non-hydrogen) atoms. The van der Waals surface area contributed by atoms with Gasteiger partial charge in [-0.3, -0.25) is 4.79 Å². The van der Waals surface area contributed by atoms with Crippen molar-refractivity contribution in [1.82, 2.24) is 9.97 Å². The molecule has 0 saturated carbocycles. The predicted molar refractivity (Wildman–Crippen MR) is 62.3 cm³/mol. The normalized spacial score (nSPS) is 10.5. The molecule has 0 amide bonds. The minimum absolute atomic E-state index is 0.459. The summed E-state index contributed by atoms with van der Waals surface area (Å²) in [6, 6.07) is 5.83. The number of aryl methyl sites for hydroxylation is 1. The van der Waals surface area contributed by atoms with E-state index in [4.69, 9.17) is 0 Å². The molecule has 0 unspecified atom stereocenters. The minimum Gasteiger partial charge on any atom is -0.296 e. The maximum atomic E-state index is 10.9. The van der Waals surface area contributed by atoms with Gasteiger partial charge in [0.2, 0.25) is 0 Å². The van der Waals surface area contributed by atoms with Crippen molar-refractivity contribution in [3.63, 3.8) is 0 Å². The number of carbonyl (C=O) groups is 1. The fourth-order valence-corrected chi connectivity index (χ4v) is 1.84. The first-order chi connectivity index (χ1) is 7.24. The molecule has 76 valence electrons. The van der Waals surface area contributed by atoms with Crippen molar-refractivity contribution in [3.8, 4) is 0 Å². The lowest BCUT2D eigenvalue weighted by atomic mass is 10.1. The Bertz CT molecular complexity index is 525. The van der Waals surface area contributed by atoms with Crippen LogP contribution in [0.5, 0.6) is 0 Å². The molecule has 1 aromatic heterocycles. The van der Waals surface area contributed by atoms with E-state index in [2.05, 4.69) is 25.9 Å². The summed E-state index contributed by atoms with van der Waals surface area (Å²) in [7, 11) is 0. The zero-order valence-corrected chi connectivity index (χ0v) is 9.78. The van der Waals surface area contributed by atoms with Crippen molar-refractivity contribution in [3.05, 3.63) is 35.3 Å². The number of fused-ring (bicyclic) bond motifs is 1. The van der Waals surface area contributed by atoms with Crippen molar-refractivity contribution >= 4 is 33.1 Å². The summed E-state index contributed by atoms with van der Waals surface area (Å²) in [4.78, 5) is 19.2. The number of alkyl halides is 1. The molecule has 0 aliphatic heterocycles. The first-order valence-electron chi connectivity index (χ1n) is 4.53. The van der Waals surface area contributed by atoms with Gasteiger partial charge in [-0.2, -0.15) is 0 Å². The quantitative estimate of drug-likeness (QED) is 0.619. The van der Waals surface area contributed by atoms with Crippen LogP contribution in [0.1, 0.15) is 21.9 Å². The van der Waals surface area contributed by atoms with Gasteiger partial charge in [0.25, 0.3) is 0 Å². The second-order valence-corrected chi connectivity index (χ2v) is 3.82. The number of carbonyl (C=O) groups excluding carboxylic acids is 1. The largest absolute Gasteiger partial charge is 0.296 e. The summed E-state index contributed by atoms with van der Waals surface area (Å²) >= 11 is 3.38. The van der Waals surface area contributed by atoms with Gasteiger partial charge < -0.3 is 0 Å². The molecule has 0 saturated heterocycles. The molecule has 4 heteroatoms. The Labute approximate surface area is 95.7 Å². The van der Waals surface area contributed by atoms with Gasteiger partial charge in [-0.15, -0.1) is 0 Å². The van der Waals surface area contributed by atoms with Crippen molar-refractivity contribution in [1.29, 1.82) is 0 Å². The highest BCUT2D eigenvalue weighted by Crippen LogP contribution is 2.18. The van der Waals surface area contributed by atoms with Gasteiger partial charge in [0.15, 0.2) is 6.29 Å². The number of aldehydes is 1. The van der Waals surface area contributed by atoms with Crippen LogP contribution in [-0.4, -0.2) is 16.3 Å². The summed E-state index contributed by atoms with van der Waals surface area (Å²) in [5.41, 5.74) is 2.38. The highest BCUT2D eigenvalue weighted by molar-refractivity contribution is 9.08. The molecule has 0 radical (unpaired) electrons. The van der Waals surface area contributed by atoms with Crippen molar-refractivity contribution in [2.75, 3.05) is 0 Å². The lowest BCUT2D eigenvalue weighted by Crippen LogP contribution is -1.96. The fourth-order valence-electron chi connectivity index (χ4n) is 1.49. The van der Waals surface area contributed by atoms with E-state index in [1.54, 1.807) is 6.92 Å². The number of benzene rings is 1. The molecule has 3 nitrogen and oxygen atoms in total. The zero-order valence-electron chi connectivity index (χ0n) is 8.20. The highest BCUT2D eigenvalue weighted by Gasteiger charge is 2.05. The number of halogens is 1. The third kappa shape index (κ3) is 1.90. The average molecular weight is 265 g/mol. The Morgan fingerprint density at radius 2 is 2.20 bits per heavy atom. The number of nitrogens with zero attached hydrogens (tertiary/aromatic N) is 2. The predicted octanol–water partition coefficient (Wildman–Crippen LogP) is 2.65. The summed E-state index contributed by atoms with van der Waals surface area (Å²) in [6.45, 7) is 1.78. The van der Waals surface area contributed by atoms with Gasteiger partial charge in [0.1, 0.15) is 11.5 Å². The lowest BCUT2D eigenvalue weighted by Gasteiger charge is -2.03. The van der Waals surface area contributed by atoms with Gasteiger partial charge in [-0.1, -0.05) is 22.0 Å². The molecule has 0 bridgehead atoms. The maximum Gasteiger partial charge on any atom is 0.169 e. The Morgan fingerprint density at radius 3 is 2.87 bits per heavy atom. The number of aromatic nitrogens is 2. The second-order valence-electron chi connectivity index (χ2n) is 3.26. The fraction of sp³-hybridized carbons (Fsp3) is 0.182. The molecule has 0 atom stereocenters. The Balaban J connectivity index is 2.79. The van der Waals surface area contributed by atoms with Crippen LogP contribution in [0.4, 0.5) is 0 Å². The SMILES string of the molecule is Cc1nc(C=O)c2cc(CBr)ccc2n1. The van der Waals surface area contributed by atoms with Crippen LogP contribution in [0.2, 0.25) is 0 Å². The summed E-state index contributed by atoms with van der Waals surface area (Å²) in [5.74, 6) is 0.621. The van der Waals surface area contributed by atoms with Gasteiger partial charge in [-0.05, 0) is 24.6 Å².